The summed E-state index contributed by atoms with van der Waals surface area (Å²) >= 11 is 0. The number of ether oxygens (including phenoxy) is 3. The molecule has 0 fully saturated rings. The summed E-state index contributed by atoms with van der Waals surface area (Å²) in [4.78, 5) is 87.8. The summed E-state index contributed by atoms with van der Waals surface area (Å²) in [6.07, 6.45) is 3.57. The van der Waals surface area contributed by atoms with Crippen LogP contribution in [-0.2, 0) is 33.8 Å². The third-order valence-electron chi connectivity index (χ3n) is 9.49. The number of nitro groups is 3. The van der Waals surface area contributed by atoms with E-state index in [0.29, 0.717) is 34.2 Å². The van der Waals surface area contributed by atoms with E-state index in [0.717, 1.165) is 18.2 Å². The van der Waals surface area contributed by atoms with Crippen LogP contribution < -0.4 is 0 Å². The van der Waals surface area contributed by atoms with E-state index in [1.54, 1.807) is 112 Å². The summed E-state index contributed by atoms with van der Waals surface area (Å²) in [5.41, 5.74) is 1.21. The number of hydrogen-bond donors (Lipinski definition) is 3. The first-order chi connectivity index (χ1) is 33.9. The number of hydrogen-bond acceptors (Lipinski definition) is 18. The average Bonchev–Trinajstić information content (AvgIpc) is 4.05. The van der Waals surface area contributed by atoms with Crippen molar-refractivity contribution >= 4 is 41.3 Å². The average molecular weight is 980 g/mol. The van der Waals surface area contributed by atoms with Gasteiger partial charge in [0, 0.05) is 26.8 Å². The van der Waals surface area contributed by atoms with Crippen molar-refractivity contribution in [3.8, 4) is 11.5 Å². The maximum absolute atomic E-state index is 11.7. The van der Waals surface area contributed by atoms with Crippen molar-refractivity contribution in [2.75, 3.05) is 19.8 Å². The minimum atomic E-state index is -1.18. The Hall–Kier alpha value is -9.81. The first kappa shape index (κ1) is 53.8. The first-order valence-electron chi connectivity index (χ1n) is 20.8. The molecule has 0 amide bonds. The van der Waals surface area contributed by atoms with E-state index in [1.807, 2.05) is 0 Å². The van der Waals surface area contributed by atoms with Gasteiger partial charge in [-0.3, -0.25) is 0 Å². The highest BCUT2D eigenvalue weighted by molar-refractivity contribution is 5.90. The normalized spacial score (nSPS) is 10.1. The molecule has 370 valence electrons. The van der Waals surface area contributed by atoms with Gasteiger partial charge in [0.1, 0.15) is 69.5 Å². The number of benzene rings is 4. The molecule has 0 spiro atoms. The highest BCUT2D eigenvalue weighted by Crippen LogP contribution is 2.20. The monoisotopic (exact) mass is 979 g/mol. The van der Waals surface area contributed by atoms with Crippen LogP contribution in [0.5, 0.6) is 11.5 Å². The van der Waals surface area contributed by atoms with Gasteiger partial charge < -0.3 is 59.9 Å². The molecule has 3 N–H and O–H groups in total. The van der Waals surface area contributed by atoms with Gasteiger partial charge >= 0.3 is 41.3 Å². The van der Waals surface area contributed by atoms with Crippen LogP contribution in [0, 0.1) is 51.1 Å². The van der Waals surface area contributed by atoms with E-state index >= 15 is 0 Å². The van der Waals surface area contributed by atoms with E-state index in [9.17, 15) is 49.5 Å². The van der Waals surface area contributed by atoms with Crippen molar-refractivity contribution in [3.63, 3.8) is 0 Å². The Kier molecular flexibility index (Phi) is 20.1. The number of carbonyl (C=O) groups excluding carboxylic acids is 3. The Morgan fingerprint density at radius 2 is 0.746 bits per heavy atom. The quantitative estimate of drug-likeness (QED) is 0.0394. The fourth-order valence-corrected chi connectivity index (χ4v) is 6.02. The van der Waals surface area contributed by atoms with E-state index in [1.165, 1.54) is 32.3 Å². The van der Waals surface area contributed by atoms with Crippen LogP contribution in [0.4, 0.5) is 17.5 Å². The van der Waals surface area contributed by atoms with Crippen LogP contribution in [0.2, 0.25) is 0 Å². The number of carboxylic acids is 1. The Morgan fingerprint density at radius 3 is 0.986 bits per heavy atom. The maximum atomic E-state index is 11.7. The molecular formula is C46H45N9O16. The van der Waals surface area contributed by atoms with Crippen molar-refractivity contribution < 1.29 is 63.5 Å². The number of nitrogens with zero attached hydrogens (tertiary/aromatic N) is 9. The number of aromatic carboxylic acids is 1. The second kappa shape index (κ2) is 26.5. The number of carbonyl (C=O) groups is 4. The van der Waals surface area contributed by atoms with Gasteiger partial charge in [-0.2, -0.15) is 0 Å². The molecule has 0 bridgehead atoms. The fraction of sp³-hybridized carbons (Fsp3) is 0.196. The largest absolute Gasteiger partial charge is 0.508 e. The summed E-state index contributed by atoms with van der Waals surface area (Å²) in [6.45, 7) is 5.70. The summed E-state index contributed by atoms with van der Waals surface area (Å²) in [6, 6.07) is 28.9. The number of phenols is 2. The summed E-state index contributed by atoms with van der Waals surface area (Å²) in [5, 5.41) is 58.4. The second-order valence-electron chi connectivity index (χ2n) is 14.3. The Bertz CT molecular complexity index is 2650. The molecule has 0 saturated heterocycles. The van der Waals surface area contributed by atoms with Gasteiger partial charge in [0.25, 0.3) is 0 Å². The summed E-state index contributed by atoms with van der Waals surface area (Å²) in [5.74, 6) is -1.88. The van der Waals surface area contributed by atoms with Crippen molar-refractivity contribution in [1.82, 2.24) is 28.7 Å². The van der Waals surface area contributed by atoms with Gasteiger partial charge in [-0.05, 0) is 63.3 Å². The van der Waals surface area contributed by atoms with Crippen LogP contribution in [0.25, 0.3) is 0 Å². The van der Waals surface area contributed by atoms with Gasteiger partial charge in [-0.25, -0.2) is 47.8 Å². The summed E-state index contributed by atoms with van der Waals surface area (Å²) < 4.78 is 19.4. The Morgan fingerprint density at radius 1 is 0.479 bits per heavy atom. The van der Waals surface area contributed by atoms with Crippen LogP contribution in [0.1, 0.15) is 58.9 Å². The molecule has 0 unspecified atom stereocenters. The predicted octanol–water partition coefficient (Wildman–Crippen LogP) is 6.67. The number of phenolic OH excluding ortho intramolecular Hbond substituents is 2. The number of esters is 3. The lowest BCUT2D eigenvalue weighted by Gasteiger charge is -2.05. The molecule has 71 heavy (non-hydrogen) atoms. The number of imidazole rings is 3. The highest BCUT2D eigenvalue weighted by atomic mass is 16.6. The molecule has 0 atom stereocenters. The van der Waals surface area contributed by atoms with E-state index in [-0.39, 0.29) is 74.0 Å². The lowest BCUT2D eigenvalue weighted by Crippen LogP contribution is -2.13. The second-order valence-corrected chi connectivity index (χ2v) is 14.3. The molecule has 0 aliphatic heterocycles. The molecule has 4 aromatic carbocycles. The van der Waals surface area contributed by atoms with E-state index in [4.69, 9.17) is 29.5 Å². The zero-order chi connectivity index (χ0) is 52.0. The van der Waals surface area contributed by atoms with E-state index < -0.39 is 38.6 Å². The van der Waals surface area contributed by atoms with Crippen molar-refractivity contribution in [1.29, 1.82) is 0 Å². The van der Waals surface area contributed by atoms with Gasteiger partial charge in [-0.15, -0.1) is 0 Å². The lowest BCUT2D eigenvalue weighted by atomic mass is 10.2. The number of aromatic nitrogens is 6. The van der Waals surface area contributed by atoms with Crippen molar-refractivity contribution in [2.24, 2.45) is 0 Å². The first-order valence-corrected chi connectivity index (χ1v) is 20.8. The molecule has 3 heterocycles. The van der Waals surface area contributed by atoms with E-state index in [2.05, 4.69) is 15.0 Å². The predicted molar refractivity (Wildman–Crippen MR) is 248 cm³/mol. The molecule has 3 aromatic heterocycles. The Labute approximate surface area is 402 Å². The number of aryl methyl sites for hydroxylation is 3. The topological polar surface area (TPSA) is 340 Å². The van der Waals surface area contributed by atoms with Gasteiger partial charge in [0.05, 0.1) is 22.3 Å². The standard InChI is InChI=1S/3C13H13N3O4.C7H6O4/c3*1-10-14-9-12(16(18)19)15(10)7-8-20-13(17)11-5-3-2-4-6-11;8-5-1-4(7(10)11)2-6(9)3-5/h3*2-6,9H,7-8H2,1H3;1-3,8-9H,(H,10,11). The fourth-order valence-electron chi connectivity index (χ4n) is 6.02. The zero-order valence-electron chi connectivity index (χ0n) is 38.0. The van der Waals surface area contributed by atoms with Crippen molar-refractivity contribution in [3.05, 3.63) is 198 Å². The SMILES string of the molecule is Cc1ncc([N+](=O)[O-])n1CCOC(=O)c1ccccc1.Cc1ncc([N+](=O)[O-])n1CCOC(=O)c1ccccc1.Cc1ncc([N+](=O)[O-])n1CCOC(=O)c1ccccc1.O=C(O)c1cc(O)cc(O)c1. The highest BCUT2D eigenvalue weighted by Gasteiger charge is 2.20. The number of aromatic hydroxyl groups is 2. The minimum Gasteiger partial charge on any atom is -0.508 e. The number of rotatable bonds is 16. The minimum absolute atomic E-state index is 0.0474. The third-order valence-corrected chi connectivity index (χ3v) is 9.49. The molecular weight excluding hydrogens is 935 g/mol. The third kappa shape index (κ3) is 16.5. The molecule has 0 aliphatic rings. The van der Waals surface area contributed by atoms with Gasteiger partial charge in [0.2, 0.25) is 0 Å². The van der Waals surface area contributed by atoms with Crippen LogP contribution in [0.3, 0.4) is 0 Å². The molecule has 25 nitrogen and oxygen atoms in total. The molecule has 7 aromatic rings. The molecule has 0 radical (unpaired) electrons. The number of carboxylic acid groups (broad SMARTS) is 1. The zero-order valence-corrected chi connectivity index (χ0v) is 38.0. The molecule has 0 saturated carbocycles. The van der Waals surface area contributed by atoms with Gasteiger partial charge in [-0.1, -0.05) is 54.6 Å². The molecule has 0 aliphatic carbocycles. The summed E-state index contributed by atoms with van der Waals surface area (Å²) in [7, 11) is 0. The van der Waals surface area contributed by atoms with Crippen LogP contribution >= 0.6 is 0 Å². The van der Waals surface area contributed by atoms with Gasteiger partial charge in [0.15, 0.2) is 17.5 Å². The van der Waals surface area contributed by atoms with Crippen LogP contribution in [0.15, 0.2) is 128 Å². The maximum Gasteiger partial charge on any atom is 0.342 e. The molecule has 25 heteroatoms. The molecule has 7 rings (SSSR count). The van der Waals surface area contributed by atoms with Crippen molar-refractivity contribution in [2.45, 2.75) is 40.4 Å². The van der Waals surface area contributed by atoms with Crippen LogP contribution in [-0.4, -0.2) is 102 Å². The smallest absolute Gasteiger partial charge is 0.342 e. The lowest BCUT2D eigenvalue weighted by molar-refractivity contribution is -0.392. The Balaban J connectivity index is 0.000000210.